The molecule has 0 bridgehead atoms. The van der Waals surface area contributed by atoms with Crippen molar-refractivity contribution >= 4 is 22.8 Å². The largest absolute Gasteiger partial charge is 0.343 e. The quantitative estimate of drug-likeness (QED) is 0.807. The smallest absolute Gasteiger partial charge is 0.186 e. The Bertz CT molecular complexity index is 621. The molecule has 0 atom stereocenters. The number of fused-ring (bicyclic) bond motifs is 1. The van der Waals surface area contributed by atoms with Crippen LogP contribution in [0.3, 0.4) is 0 Å². The number of aromatic nitrogens is 1. The summed E-state index contributed by atoms with van der Waals surface area (Å²) in [6.45, 7) is 3.99. The minimum absolute atomic E-state index is 0.792. The highest BCUT2D eigenvalue weighted by atomic mass is 32.1. The summed E-state index contributed by atoms with van der Waals surface area (Å²) in [4.78, 5) is 18.9. The van der Waals surface area contributed by atoms with Crippen molar-refractivity contribution in [1.29, 1.82) is 0 Å². The molecule has 3 rings (SSSR count). The second kappa shape index (κ2) is 5.75. The lowest BCUT2D eigenvalue weighted by Gasteiger charge is -2.28. The first-order valence-corrected chi connectivity index (χ1v) is 7.90. The second-order valence-corrected chi connectivity index (χ2v) is 6.12. The highest BCUT2D eigenvalue weighted by Gasteiger charge is 2.20. The van der Waals surface area contributed by atoms with Crippen LogP contribution in [0.1, 0.15) is 39.8 Å². The summed E-state index contributed by atoms with van der Waals surface area (Å²) in [7, 11) is 0. The third kappa shape index (κ3) is 2.48. The average molecular weight is 286 g/mol. The molecule has 104 valence electrons. The van der Waals surface area contributed by atoms with Gasteiger partial charge in [-0.15, -0.1) is 0 Å². The first-order chi connectivity index (χ1) is 9.81. The van der Waals surface area contributed by atoms with Crippen molar-refractivity contribution in [2.45, 2.75) is 32.7 Å². The highest BCUT2D eigenvalue weighted by Crippen LogP contribution is 2.30. The predicted octanol–water partition coefficient (Wildman–Crippen LogP) is 3.47. The molecule has 0 aliphatic carbocycles. The van der Waals surface area contributed by atoms with Gasteiger partial charge in [0.05, 0.1) is 10.6 Å². The molecule has 20 heavy (non-hydrogen) atoms. The zero-order valence-electron chi connectivity index (χ0n) is 11.6. The Labute approximate surface area is 123 Å². The van der Waals surface area contributed by atoms with Gasteiger partial charge in [0, 0.05) is 13.1 Å². The number of nitrogens with zero attached hydrogens (tertiary/aromatic N) is 2. The summed E-state index contributed by atoms with van der Waals surface area (Å²) < 4.78 is 0. The molecule has 4 heteroatoms. The Morgan fingerprint density at radius 1 is 1.35 bits per heavy atom. The summed E-state index contributed by atoms with van der Waals surface area (Å²) in [5, 5.41) is 0.991. The fourth-order valence-corrected chi connectivity index (χ4v) is 3.60. The normalized spacial score (nSPS) is 14.2. The zero-order chi connectivity index (χ0) is 13.9. The Hall–Kier alpha value is -1.68. The molecule has 1 aliphatic rings. The number of benzene rings is 1. The first-order valence-electron chi connectivity index (χ1n) is 7.08. The summed E-state index contributed by atoms with van der Waals surface area (Å²) in [5.74, 6) is 0. The number of aldehydes is 1. The summed E-state index contributed by atoms with van der Waals surface area (Å²) in [5.41, 5.74) is 3.77. The van der Waals surface area contributed by atoms with E-state index in [1.54, 1.807) is 0 Å². The molecule has 2 heterocycles. The van der Waals surface area contributed by atoms with Gasteiger partial charge in [-0.25, -0.2) is 4.98 Å². The van der Waals surface area contributed by atoms with Gasteiger partial charge in [0.2, 0.25) is 0 Å². The van der Waals surface area contributed by atoms with E-state index in [2.05, 4.69) is 41.1 Å². The van der Waals surface area contributed by atoms with Crippen molar-refractivity contribution < 1.29 is 4.79 Å². The maximum atomic E-state index is 11.1. The Balaban J connectivity index is 1.86. The van der Waals surface area contributed by atoms with Crippen LogP contribution in [0.5, 0.6) is 0 Å². The number of carbonyl (C=O) groups is 1. The molecule has 0 amide bonds. The highest BCUT2D eigenvalue weighted by molar-refractivity contribution is 7.17. The molecule has 1 aromatic heterocycles. The molecule has 1 aliphatic heterocycles. The Kier molecular flexibility index (Phi) is 3.83. The van der Waals surface area contributed by atoms with E-state index in [-0.39, 0.29) is 0 Å². The van der Waals surface area contributed by atoms with Crippen LogP contribution in [0, 0.1) is 0 Å². The van der Waals surface area contributed by atoms with Crippen molar-refractivity contribution in [1.82, 2.24) is 4.98 Å². The monoisotopic (exact) mass is 286 g/mol. The van der Waals surface area contributed by atoms with E-state index in [9.17, 15) is 4.79 Å². The van der Waals surface area contributed by atoms with E-state index >= 15 is 0 Å². The first kappa shape index (κ1) is 13.3. The molecule has 2 aromatic rings. The summed E-state index contributed by atoms with van der Waals surface area (Å²) in [6, 6.07) is 8.57. The number of thiazole rings is 1. The van der Waals surface area contributed by atoms with E-state index in [0.717, 1.165) is 54.3 Å². The Morgan fingerprint density at radius 2 is 2.15 bits per heavy atom. The Morgan fingerprint density at radius 3 is 2.90 bits per heavy atom. The van der Waals surface area contributed by atoms with Gasteiger partial charge < -0.3 is 4.90 Å². The van der Waals surface area contributed by atoms with Crippen LogP contribution in [0.15, 0.2) is 24.3 Å². The molecule has 0 spiro atoms. The molecule has 1 aromatic carbocycles. The maximum Gasteiger partial charge on any atom is 0.186 e. The lowest BCUT2D eigenvalue weighted by atomic mass is 10.0. The van der Waals surface area contributed by atoms with Crippen molar-refractivity contribution in [2.24, 2.45) is 0 Å². The molecule has 3 nitrogen and oxygen atoms in total. The number of carbonyl (C=O) groups excluding carboxylic acids is 1. The van der Waals surface area contributed by atoms with Gasteiger partial charge in [-0.05, 0) is 24.0 Å². The van der Waals surface area contributed by atoms with E-state index < -0.39 is 0 Å². The van der Waals surface area contributed by atoms with Crippen LogP contribution in [-0.4, -0.2) is 17.8 Å². The van der Waals surface area contributed by atoms with Crippen LogP contribution in [-0.2, 0) is 19.4 Å². The van der Waals surface area contributed by atoms with Crippen LogP contribution < -0.4 is 4.90 Å². The maximum absolute atomic E-state index is 11.1. The third-order valence-electron chi connectivity index (χ3n) is 3.71. The number of hydrogen-bond acceptors (Lipinski definition) is 4. The fourth-order valence-electron chi connectivity index (χ4n) is 2.65. The van der Waals surface area contributed by atoms with E-state index in [1.807, 2.05) is 0 Å². The second-order valence-electron chi connectivity index (χ2n) is 5.12. The lowest BCUT2D eigenvalue weighted by molar-refractivity contribution is 0.112. The van der Waals surface area contributed by atoms with Gasteiger partial charge in [0.15, 0.2) is 11.4 Å². The van der Waals surface area contributed by atoms with E-state index in [4.69, 9.17) is 0 Å². The summed E-state index contributed by atoms with van der Waals surface area (Å²) >= 11 is 1.53. The van der Waals surface area contributed by atoms with Crippen LogP contribution in [0.2, 0.25) is 0 Å². The zero-order valence-corrected chi connectivity index (χ0v) is 12.4. The van der Waals surface area contributed by atoms with Gasteiger partial charge in [-0.3, -0.25) is 4.79 Å². The van der Waals surface area contributed by atoms with Gasteiger partial charge in [-0.2, -0.15) is 0 Å². The molecule has 0 unspecified atom stereocenters. The van der Waals surface area contributed by atoms with Crippen molar-refractivity contribution in [2.75, 3.05) is 11.4 Å². The number of anilines is 1. The van der Waals surface area contributed by atoms with Crippen LogP contribution in [0.25, 0.3) is 0 Å². The van der Waals surface area contributed by atoms with Gasteiger partial charge in [0.25, 0.3) is 0 Å². The standard InChI is InChI=1S/C16H18N2OS/c1-2-5-14-15(11-19)20-16(17-14)18-9-8-12-6-3-4-7-13(12)10-18/h3-4,6-7,11H,2,5,8-10H2,1H3. The predicted molar refractivity (Wildman–Crippen MR) is 82.7 cm³/mol. The topological polar surface area (TPSA) is 33.2 Å². The van der Waals surface area contributed by atoms with Crippen molar-refractivity contribution in [3.8, 4) is 0 Å². The average Bonchev–Trinajstić information content (AvgIpc) is 2.90. The molecular formula is C16H18N2OS. The van der Waals surface area contributed by atoms with Crippen molar-refractivity contribution in [3.05, 3.63) is 46.0 Å². The number of aryl methyl sites for hydroxylation is 1. The molecule has 0 fully saturated rings. The minimum Gasteiger partial charge on any atom is -0.343 e. The summed E-state index contributed by atoms with van der Waals surface area (Å²) in [6.07, 6.45) is 3.90. The van der Waals surface area contributed by atoms with Crippen molar-refractivity contribution in [3.63, 3.8) is 0 Å². The number of hydrogen-bond donors (Lipinski definition) is 0. The molecule has 0 radical (unpaired) electrons. The van der Waals surface area contributed by atoms with Crippen LogP contribution >= 0.6 is 11.3 Å². The third-order valence-corrected chi connectivity index (χ3v) is 4.80. The van der Waals surface area contributed by atoms with E-state index in [0.29, 0.717) is 0 Å². The van der Waals surface area contributed by atoms with Gasteiger partial charge in [-0.1, -0.05) is 48.9 Å². The van der Waals surface area contributed by atoms with Gasteiger partial charge in [0.1, 0.15) is 0 Å². The minimum atomic E-state index is 0.792. The van der Waals surface area contributed by atoms with Gasteiger partial charge >= 0.3 is 0 Å². The molecule has 0 N–H and O–H groups in total. The van der Waals surface area contributed by atoms with E-state index in [1.165, 1.54) is 22.5 Å². The molecular weight excluding hydrogens is 268 g/mol. The molecule has 0 saturated carbocycles. The SMILES string of the molecule is CCCc1nc(N2CCc3ccccc3C2)sc1C=O. The lowest BCUT2D eigenvalue weighted by Crippen LogP contribution is -2.30. The van der Waals surface area contributed by atoms with Crippen LogP contribution in [0.4, 0.5) is 5.13 Å². The number of rotatable bonds is 4. The fraction of sp³-hybridized carbons (Fsp3) is 0.375. The molecule has 0 saturated heterocycles.